The highest BCUT2D eigenvalue weighted by Crippen LogP contribution is 2.20. The Labute approximate surface area is 124 Å². The van der Waals surface area contributed by atoms with Crippen molar-refractivity contribution in [2.45, 2.75) is 20.8 Å². The predicted molar refractivity (Wildman–Crippen MR) is 81.6 cm³/mol. The Morgan fingerprint density at radius 2 is 1.86 bits per heavy atom. The maximum atomic E-state index is 12.1. The number of nitrogens with zero attached hydrogens (tertiary/aromatic N) is 1. The highest BCUT2D eigenvalue weighted by atomic mass is 16.5. The van der Waals surface area contributed by atoms with Crippen molar-refractivity contribution in [1.82, 2.24) is 14.4 Å². The third-order valence-electron chi connectivity index (χ3n) is 3.70. The van der Waals surface area contributed by atoms with Crippen molar-refractivity contribution in [1.29, 1.82) is 0 Å². The molecule has 7 heteroatoms. The maximum absolute atomic E-state index is 12.1. The number of fused-ring (bicyclic) bond motifs is 3. The molecule has 2 heterocycles. The van der Waals surface area contributed by atoms with Gasteiger partial charge in [-0.3, -0.25) is 9.78 Å². The first kappa shape index (κ1) is 14.1. The van der Waals surface area contributed by atoms with Crippen LogP contribution in [0.25, 0.3) is 16.7 Å². The van der Waals surface area contributed by atoms with Crippen LogP contribution in [0, 0.1) is 13.8 Å². The predicted octanol–water partition coefficient (Wildman–Crippen LogP) is 1.26. The van der Waals surface area contributed by atoms with E-state index in [0.717, 1.165) is 11.1 Å². The molecule has 1 aromatic carbocycles. The van der Waals surface area contributed by atoms with E-state index in [9.17, 15) is 14.4 Å². The topological polar surface area (TPSA) is 96.4 Å². The number of aryl methyl sites for hydroxylation is 2. The minimum atomic E-state index is -0.763. The maximum Gasteiger partial charge on any atom is 0.347 e. The molecule has 2 N–H and O–H groups in total. The fourth-order valence-electron chi connectivity index (χ4n) is 2.49. The van der Waals surface area contributed by atoms with Crippen LogP contribution in [-0.2, 0) is 4.74 Å². The van der Waals surface area contributed by atoms with Crippen LogP contribution in [-0.4, -0.2) is 26.9 Å². The third-order valence-corrected chi connectivity index (χ3v) is 3.70. The summed E-state index contributed by atoms with van der Waals surface area (Å²) in [6.45, 7) is 5.66. The molecular formula is C15H15N3O4. The molecule has 7 nitrogen and oxygen atoms in total. The summed E-state index contributed by atoms with van der Waals surface area (Å²) in [5.41, 5.74) is 1.90. The largest absolute Gasteiger partial charge is 0.462 e. The molecule has 0 saturated carbocycles. The summed E-state index contributed by atoms with van der Waals surface area (Å²) in [5, 5.41) is 0. The van der Waals surface area contributed by atoms with Crippen molar-refractivity contribution >= 4 is 22.6 Å². The lowest BCUT2D eigenvalue weighted by molar-refractivity contribution is 0.0526. The Balaban J connectivity index is 2.51. The quantitative estimate of drug-likeness (QED) is 0.696. The van der Waals surface area contributed by atoms with Crippen molar-refractivity contribution in [3.8, 4) is 0 Å². The number of carbonyl (C=O) groups excluding carboxylic acids is 1. The monoisotopic (exact) mass is 301 g/mol. The number of aromatic amines is 2. The van der Waals surface area contributed by atoms with Crippen LogP contribution in [0.15, 0.2) is 21.7 Å². The lowest BCUT2D eigenvalue weighted by Gasteiger charge is -2.02. The number of H-pyrrole nitrogens is 2. The lowest BCUT2D eigenvalue weighted by Crippen LogP contribution is -2.31. The first-order valence-corrected chi connectivity index (χ1v) is 6.89. The molecule has 0 aliphatic heterocycles. The van der Waals surface area contributed by atoms with Crippen molar-refractivity contribution in [2.24, 2.45) is 0 Å². The average Bonchev–Trinajstić information content (AvgIpc) is 2.77. The zero-order chi connectivity index (χ0) is 16.0. The van der Waals surface area contributed by atoms with Gasteiger partial charge in [0.2, 0.25) is 0 Å². The highest BCUT2D eigenvalue weighted by molar-refractivity contribution is 5.97. The number of esters is 1. The van der Waals surface area contributed by atoms with Gasteiger partial charge in [-0.1, -0.05) is 0 Å². The molecule has 0 unspecified atom stereocenters. The number of hydrogen-bond acceptors (Lipinski definition) is 4. The summed E-state index contributed by atoms with van der Waals surface area (Å²) in [5.74, 6) is -0.763. The molecule has 3 rings (SSSR count). The van der Waals surface area contributed by atoms with Gasteiger partial charge in [0.25, 0.3) is 5.56 Å². The molecule has 0 saturated heterocycles. The Morgan fingerprint density at radius 3 is 2.55 bits per heavy atom. The van der Waals surface area contributed by atoms with Gasteiger partial charge in [0.05, 0.1) is 17.6 Å². The van der Waals surface area contributed by atoms with E-state index in [-0.39, 0.29) is 17.8 Å². The van der Waals surface area contributed by atoms with Gasteiger partial charge in [-0.05, 0) is 44.0 Å². The molecule has 2 aromatic heterocycles. The number of rotatable bonds is 2. The van der Waals surface area contributed by atoms with E-state index in [0.29, 0.717) is 11.0 Å². The van der Waals surface area contributed by atoms with E-state index in [1.165, 1.54) is 4.40 Å². The van der Waals surface area contributed by atoms with Gasteiger partial charge in [0, 0.05) is 0 Å². The first-order chi connectivity index (χ1) is 10.4. The summed E-state index contributed by atoms with van der Waals surface area (Å²) in [6.07, 6.45) is 0. The number of carbonyl (C=O) groups is 1. The molecule has 0 radical (unpaired) electrons. The molecule has 22 heavy (non-hydrogen) atoms. The fourth-order valence-corrected chi connectivity index (χ4v) is 2.49. The number of ether oxygens (including phenoxy) is 1. The van der Waals surface area contributed by atoms with E-state index < -0.39 is 17.2 Å². The summed E-state index contributed by atoms with van der Waals surface area (Å²) in [7, 11) is 0. The van der Waals surface area contributed by atoms with Crippen molar-refractivity contribution in [2.75, 3.05) is 6.61 Å². The van der Waals surface area contributed by atoms with Crippen LogP contribution in [0.3, 0.4) is 0 Å². The normalized spacial score (nSPS) is 11.2. The Morgan fingerprint density at radius 1 is 1.18 bits per heavy atom. The van der Waals surface area contributed by atoms with Gasteiger partial charge >= 0.3 is 11.7 Å². The van der Waals surface area contributed by atoms with Gasteiger partial charge in [-0.2, -0.15) is 0 Å². The van der Waals surface area contributed by atoms with Gasteiger partial charge < -0.3 is 9.72 Å². The molecule has 0 aliphatic rings. The summed E-state index contributed by atoms with van der Waals surface area (Å²) in [4.78, 5) is 41.3. The minimum absolute atomic E-state index is 0.141. The summed E-state index contributed by atoms with van der Waals surface area (Å²) < 4.78 is 6.19. The van der Waals surface area contributed by atoms with Crippen LogP contribution < -0.4 is 11.2 Å². The van der Waals surface area contributed by atoms with Crippen LogP contribution in [0.1, 0.15) is 28.4 Å². The number of hydrogen-bond donors (Lipinski definition) is 2. The van der Waals surface area contributed by atoms with Gasteiger partial charge in [-0.15, -0.1) is 0 Å². The fraction of sp³-hybridized carbons (Fsp3) is 0.267. The van der Waals surface area contributed by atoms with Crippen LogP contribution in [0.5, 0.6) is 0 Å². The molecule has 0 atom stereocenters. The Hall–Kier alpha value is -2.83. The molecule has 114 valence electrons. The molecule has 0 spiro atoms. The third kappa shape index (κ3) is 1.93. The van der Waals surface area contributed by atoms with Crippen LogP contribution in [0.2, 0.25) is 0 Å². The van der Waals surface area contributed by atoms with Crippen molar-refractivity contribution < 1.29 is 9.53 Å². The minimum Gasteiger partial charge on any atom is -0.462 e. The molecule has 0 fully saturated rings. The van der Waals surface area contributed by atoms with E-state index in [2.05, 4.69) is 9.97 Å². The average molecular weight is 301 g/mol. The molecule has 0 aliphatic carbocycles. The SMILES string of the molecule is CCOC(=O)c1c(=O)[nH]c(=O)n2c1[nH]c1cc(C)c(C)cc12. The second-order valence-electron chi connectivity index (χ2n) is 5.12. The van der Waals surface area contributed by atoms with Crippen molar-refractivity contribution in [3.05, 3.63) is 49.7 Å². The number of imidazole rings is 1. The molecule has 0 bridgehead atoms. The highest BCUT2D eigenvalue weighted by Gasteiger charge is 2.21. The first-order valence-electron chi connectivity index (χ1n) is 6.89. The second-order valence-corrected chi connectivity index (χ2v) is 5.12. The number of benzene rings is 1. The Kier molecular flexibility index (Phi) is 3.13. The smallest absolute Gasteiger partial charge is 0.347 e. The molecule has 3 aromatic rings. The van der Waals surface area contributed by atoms with Crippen LogP contribution >= 0.6 is 0 Å². The molecular weight excluding hydrogens is 286 g/mol. The van der Waals surface area contributed by atoms with Gasteiger partial charge in [0.1, 0.15) is 5.65 Å². The second kappa shape index (κ2) is 4.87. The standard InChI is InChI=1S/C15H15N3O4/c1-4-22-14(20)11-12-16-9-5-7(2)8(3)6-10(9)18(12)15(21)17-13(11)19/h5-6,16H,4H2,1-3H3,(H,17,19,21). The van der Waals surface area contributed by atoms with Gasteiger partial charge in [-0.25, -0.2) is 14.0 Å². The van der Waals surface area contributed by atoms with E-state index >= 15 is 0 Å². The summed E-state index contributed by atoms with van der Waals surface area (Å²) >= 11 is 0. The zero-order valence-corrected chi connectivity index (χ0v) is 12.4. The number of nitrogens with one attached hydrogen (secondary N) is 2. The van der Waals surface area contributed by atoms with E-state index in [4.69, 9.17) is 4.74 Å². The van der Waals surface area contributed by atoms with Gasteiger partial charge in [0.15, 0.2) is 5.56 Å². The van der Waals surface area contributed by atoms with Crippen molar-refractivity contribution in [3.63, 3.8) is 0 Å². The lowest BCUT2D eigenvalue weighted by atomic mass is 10.1. The molecule has 0 amide bonds. The van der Waals surface area contributed by atoms with E-state index in [1.54, 1.807) is 6.92 Å². The zero-order valence-electron chi connectivity index (χ0n) is 12.4. The van der Waals surface area contributed by atoms with Crippen LogP contribution in [0.4, 0.5) is 0 Å². The van der Waals surface area contributed by atoms with E-state index in [1.807, 2.05) is 26.0 Å². The summed E-state index contributed by atoms with van der Waals surface area (Å²) in [6, 6.07) is 3.71. The Bertz CT molecular complexity index is 1020. The number of aromatic nitrogens is 3.